The molecule has 1 amide bonds. The van der Waals surface area contributed by atoms with Gasteiger partial charge in [-0.25, -0.2) is 13.4 Å². The molecule has 1 aliphatic carbocycles. The molecule has 0 spiro atoms. The molecule has 11 nitrogen and oxygen atoms in total. The van der Waals surface area contributed by atoms with Crippen molar-refractivity contribution in [3.8, 4) is 11.6 Å². The molecule has 12 heteroatoms. The summed E-state index contributed by atoms with van der Waals surface area (Å²) in [6, 6.07) is 5.05. The first-order valence-corrected chi connectivity index (χ1v) is 16.5. The van der Waals surface area contributed by atoms with E-state index in [1.54, 1.807) is 18.3 Å². The summed E-state index contributed by atoms with van der Waals surface area (Å²) in [5.41, 5.74) is 2.65. The number of allylic oxidation sites excluding steroid dienone is 4. The van der Waals surface area contributed by atoms with Gasteiger partial charge in [0, 0.05) is 25.9 Å². The van der Waals surface area contributed by atoms with Crippen molar-refractivity contribution in [2.75, 3.05) is 43.5 Å². The summed E-state index contributed by atoms with van der Waals surface area (Å²) in [5, 5.41) is 6.29. The lowest BCUT2D eigenvalue weighted by Gasteiger charge is -2.37. The average Bonchev–Trinajstić information content (AvgIpc) is 3.13. The standard InChI is InChI=1S/C32H40N6O5S/c1-32(2,3)22-18-23(29(42-5)24(19-22)37-44(6,40)41)35-31(39)26-17-20-8-7-9-27(25(16-20)38(26)4)43-28-12-15-34-30(36-28)21-10-13-33-14-11-21/h7-10,12,15,17-20,25,33,37H,11,13-14,16H2,1-6H3,(H,35,39). The van der Waals surface area contributed by atoms with Crippen LogP contribution in [0.2, 0.25) is 0 Å². The Balaban J connectivity index is 1.41. The third-order valence-electron chi connectivity index (χ3n) is 7.80. The molecule has 3 heterocycles. The summed E-state index contributed by atoms with van der Waals surface area (Å²) in [7, 11) is -0.307. The fourth-order valence-electron chi connectivity index (χ4n) is 5.49. The molecule has 2 aliphatic heterocycles. The molecule has 2 aromatic rings. The number of methoxy groups -OCH3 is 1. The molecule has 0 saturated carbocycles. The summed E-state index contributed by atoms with van der Waals surface area (Å²) in [6.45, 7) is 7.70. The summed E-state index contributed by atoms with van der Waals surface area (Å²) in [5.74, 6) is 1.63. The predicted molar refractivity (Wildman–Crippen MR) is 172 cm³/mol. The molecule has 0 radical (unpaired) electrons. The number of carbonyl (C=O) groups is 1. The van der Waals surface area contributed by atoms with Crippen molar-refractivity contribution in [2.45, 2.75) is 45.1 Å². The number of aromatic nitrogens is 2. The van der Waals surface area contributed by atoms with Crippen molar-refractivity contribution in [2.24, 2.45) is 5.92 Å². The van der Waals surface area contributed by atoms with Crippen LogP contribution in [0.15, 0.2) is 66.2 Å². The third kappa shape index (κ3) is 7.13. The Morgan fingerprint density at radius 1 is 1.20 bits per heavy atom. The Labute approximate surface area is 259 Å². The normalized spacial score (nSPS) is 20.1. The van der Waals surface area contributed by atoms with Crippen LogP contribution in [0.5, 0.6) is 11.6 Å². The number of sulfonamides is 1. The molecular weight excluding hydrogens is 580 g/mol. The minimum atomic E-state index is -3.61. The predicted octanol–water partition coefficient (Wildman–Crippen LogP) is 4.21. The van der Waals surface area contributed by atoms with Gasteiger partial charge in [-0.1, -0.05) is 39.0 Å². The van der Waals surface area contributed by atoms with E-state index in [9.17, 15) is 13.2 Å². The number of anilines is 2. The van der Waals surface area contributed by atoms with Gasteiger partial charge in [0.25, 0.3) is 5.91 Å². The minimum absolute atomic E-state index is 0.000390. The van der Waals surface area contributed by atoms with E-state index in [1.165, 1.54) is 7.11 Å². The molecule has 1 aromatic heterocycles. The van der Waals surface area contributed by atoms with Crippen LogP contribution in [0, 0.1) is 5.92 Å². The zero-order valence-electron chi connectivity index (χ0n) is 26.0. The second-order valence-electron chi connectivity index (χ2n) is 12.2. The van der Waals surface area contributed by atoms with E-state index >= 15 is 0 Å². The highest BCUT2D eigenvalue weighted by Crippen LogP contribution is 2.40. The Morgan fingerprint density at radius 2 is 1.98 bits per heavy atom. The number of likely N-dealkylation sites (N-methyl/N-ethyl adjacent to an activating group) is 1. The third-order valence-corrected chi connectivity index (χ3v) is 8.39. The number of hydrogen-bond donors (Lipinski definition) is 3. The molecule has 2 bridgehead atoms. The van der Waals surface area contributed by atoms with Crippen LogP contribution in [0.25, 0.3) is 5.57 Å². The summed E-state index contributed by atoms with van der Waals surface area (Å²) >= 11 is 0. The average molecular weight is 621 g/mol. The van der Waals surface area contributed by atoms with Crippen LogP contribution >= 0.6 is 0 Å². The Hall–Kier alpha value is -4.16. The van der Waals surface area contributed by atoms with Crippen LogP contribution < -0.4 is 24.8 Å². The van der Waals surface area contributed by atoms with E-state index in [4.69, 9.17) is 9.47 Å². The number of ether oxygens (including phenoxy) is 2. The molecule has 3 aliphatic rings. The summed E-state index contributed by atoms with van der Waals surface area (Å²) in [4.78, 5) is 24.9. The second kappa shape index (κ2) is 12.4. The second-order valence-corrected chi connectivity index (χ2v) is 14.0. The molecule has 2 atom stereocenters. The van der Waals surface area contributed by atoms with E-state index in [0.29, 0.717) is 28.8 Å². The van der Waals surface area contributed by atoms with Gasteiger partial charge in [0.1, 0.15) is 5.76 Å². The maximum absolute atomic E-state index is 13.9. The molecule has 1 aromatic carbocycles. The number of hydrogen-bond acceptors (Lipinski definition) is 9. The van der Waals surface area contributed by atoms with Crippen molar-refractivity contribution in [1.29, 1.82) is 0 Å². The maximum Gasteiger partial charge on any atom is 0.271 e. The number of nitrogens with zero attached hydrogens (tertiary/aromatic N) is 3. The van der Waals surface area contributed by atoms with Gasteiger partial charge < -0.3 is 25.0 Å². The first kappa shape index (κ1) is 31.3. The zero-order valence-corrected chi connectivity index (χ0v) is 26.8. The van der Waals surface area contributed by atoms with E-state index in [0.717, 1.165) is 43.3 Å². The molecule has 3 N–H and O–H groups in total. The first-order chi connectivity index (χ1) is 20.8. The lowest BCUT2D eigenvalue weighted by molar-refractivity contribution is -0.114. The molecule has 234 valence electrons. The van der Waals surface area contributed by atoms with E-state index < -0.39 is 10.0 Å². The van der Waals surface area contributed by atoms with Crippen molar-refractivity contribution in [3.63, 3.8) is 0 Å². The van der Waals surface area contributed by atoms with Gasteiger partial charge in [-0.05, 0) is 66.1 Å². The number of fused-ring (bicyclic) bond motifs is 2. The zero-order chi connectivity index (χ0) is 31.6. The van der Waals surface area contributed by atoms with Gasteiger partial charge >= 0.3 is 0 Å². The minimum Gasteiger partial charge on any atom is -0.492 e. The van der Waals surface area contributed by atoms with Crippen LogP contribution in [0.4, 0.5) is 11.4 Å². The number of rotatable bonds is 8. The highest BCUT2D eigenvalue weighted by molar-refractivity contribution is 7.92. The molecular formula is C32H40N6O5S. The van der Waals surface area contributed by atoms with Crippen LogP contribution in [0.3, 0.4) is 0 Å². The summed E-state index contributed by atoms with van der Waals surface area (Å²) < 4.78 is 38.8. The number of amides is 1. The molecule has 5 rings (SSSR count). The number of nitrogens with one attached hydrogen (secondary N) is 3. The van der Waals surface area contributed by atoms with Gasteiger partial charge in [0.2, 0.25) is 15.9 Å². The largest absolute Gasteiger partial charge is 0.492 e. The van der Waals surface area contributed by atoms with Gasteiger partial charge in [0.15, 0.2) is 11.6 Å². The molecule has 0 fully saturated rings. The van der Waals surface area contributed by atoms with E-state index in [-0.39, 0.29) is 34.7 Å². The number of carbonyl (C=O) groups excluding carboxylic acids is 1. The first-order valence-electron chi connectivity index (χ1n) is 14.6. The maximum atomic E-state index is 13.9. The van der Waals surface area contributed by atoms with Crippen LogP contribution in [-0.2, 0) is 20.2 Å². The van der Waals surface area contributed by atoms with Crippen LogP contribution in [0.1, 0.15) is 45.0 Å². The Morgan fingerprint density at radius 3 is 2.66 bits per heavy atom. The lowest BCUT2D eigenvalue weighted by Crippen LogP contribution is -2.42. The highest BCUT2D eigenvalue weighted by Gasteiger charge is 2.34. The van der Waals surface area contributed by atoms with Crippen LogP contribution in [-0.4, -0.2) is 68.7 Å². The quantitative estimate of drug-likeness (QED) is 0.397. The molecule has 2 unspecified atom stereocenters. The van der Waals surface area contributed by atoms with Crippen molar-refractivity contribution in [3.05, 3.63) is 77.6 Å². The monoisotopic (exact) mass is 620 g/mol. The fourth-order valence-corrected chi connectivity index (χ4v) is 6.04. The van der Waals surface area contributed by atoms with Gasteiger partial charge in [-0.15, -0.1) is 0 Å². The van der Waals surface area contributed by atoms with Gasteiger partial charge in [-0.3, -0.25) is 9.52 Å². The topological polar surface area (TPSA) is 135 Å². The smallest absolute Gasteiger partial charge is 0.271 e. The number of benzene rings is 1. The summed E-state index contributed by atoms with van der Waals surface area (Å²) in [6.07, 6.45) is 14.3. The van der Waals surface area contributed by atoms with E-state index in [2.05, 4.69) is 31.4 Å². The Bertz CT molecular complexity index is 1670. The molecule has 0 saturated heterocycles. The fraction of sp³-hybridized carbons (Fsp3) is 0.406. The van der Waals surface area contributed by atoms with Crippen molar-refractivity contribution >= 4 is 32.9 Å². The Kier molecular flexibility index (Phi) is 8.85. The highest BCUT2D eigenvalue weighted by atomic mass is 32.2. The van der Waals surface area contributed by atoms with Crippen molar-refractivity contribution < 1.29 is 22.7 Å². The SMILES string of the molecule is COc1c(NC(=O)C2=CC3C=CC=C(Oc4ccnc(C5=CCNCC5)n4)C(C3)N2C)cc(C(C)(C)C)cc1NS(C)(=O)=O. The lowest BCUT2D eigenvalue weighted by atomic mass is 9.86. The van der Waals surface area contributed by atoms with Gasteiger partial charge in [0.05, 0.1) is 36.5 Å². The molecule has 44 heavy (non-hydrogen) atoms. The van der Waals surface area contributed by atoms with E-state index in [1.807, 2.05) is 63.1 Å². The van der Waals surface area contributed by atoms with Gasteiger partial charge in [-0.2, -0.15) is 4.98 Å². The van der Waals surface area contributed by atoms with Crippen molar-refractivity contribution in [1.82, 2.24) is 20.2 Å².